The fraction of sp³-hybridized carbons (Fsp3) is 0.400. The van der Waals surface area contributed by atoms with E-state index in [9.17, 15) is 0 Å². The lowest BCUT2D eigenvalue weighted by molar-refractivity contribution is 0.284. The zero-order chi connectivity index (χ0) is 13.7. The lowest BCUT2D eigenvalue weighted by Crippen LogP contribution is -2.22. The van der Waals surface area contributed by atoms with E-state index in [0.29, 0.717) is 12.6 Å². The lowest BCUT2D eigenvalue weighted by Gasteiger charge is -2.12. The molecule has 2 rings (SSSR count). The third kappa shape index (κ3) is 4.10. The van der Waals surface area contributed by atoms with Gasteiger partial charge in [0, 0.05) is 24.2 Å². The first-order valence-corrected chi connectivity index (χ1v) is 6.51. The van der Waals surface area contributed by atoms with Crippen LogP contribution in [0.5, 0.6) is 5.75 Å². The van der Waals surface area contributed by atoms with Crippen LogP contribution in [0.3, 0.4) is 0 Å². The molecule has 0 aliphatic carbocycles. The van der Waals surface area contributed by atoms with Gasteiger partial charge >= 0.3 is 0 Å². The van der Waals surface area contributed by atoms with E-state index in [1.54, 1.807) is 0 Å². The van der Waals surface area contributed by atoms with Crippen LogP contribution in [0.25, 0.3) is 0 Å². The van der Waals surface area contributed by atoms with E-state index in [-0.39, 0.29) is 0 Å². The summed E-state index contributed by atoms with van der Waals surface area (Å²) in [5.41, 5.74) is 1.96. The Balaban J connectivity index is 1.99. The van der Waals surface area contributed by atoms with E-state index in [2.05, 4.69) is 30.4 Å². The highest BCUT2D eigenvalue weighted by atomic mass is 16.5. The molecule has 0 atom stereocenters. The average molecular weight is 260 g/mol. The van der Waals surface area contributed by atoms with Gasteiger partial charge in [0.05, 0.1) is 0 Å². The molecule has 0 fully saturated rings. The summed E-state index contributed by atoms with van der Waals surface area (Å²) >= 11 is 0. The largest absolute Gasteiger partial charge is 0.487 e. The van der Waals surface area contributed by atoms with Crippen molar-refractivity contribution in [3.05, 3.63) is 47.3 Å². The molecule has 4 nitrogen and oxygen atoms in total. The summed E-state index contributed by atoms with van der Waals surface area (Å²) in [6.45, 7) is 7.35. The Morgan fingerprint density at radius 3 is 2.79 bits per heavy atom. The van der Waals surface area contributed by atoms with Gasteiger partial charge in [0.25, 0.3) is 0 Å². The van der Waals surface area contributed by atoms with Crippen LogP contribution in [0.2, 0.25) is 0 Å². The fourth-order valence-electron chi connectivity index (χ4n) is 1.74. The number of nitrogens with one attached hydrogen (secondary N) is 1. The van der Waals surface area contributed by atoms with Crippen LogP contribution in [0.15, 0.2) is 34.9 Å². The molecule has 0 saturated heterocycles. The highest BCUT2D eigenvalue weighted by Gasteiger charge is 2.06. The topological polar surface area (TPSA) is 47.3 Å². The number of benzene rings is 1. The van der Waals surface area contributed by atoms with Crippen LogP contribution < -0.4 is 10.1 Å². The molecule has 19 heavy (non-hydrogen) atoms. The SMILES string of the molecule is Cc1cc(COc2ccccc2CNC(C)C)no1. The minimum absolute atomic E-state index is 0.427. The Bertz CT molecular complexity index is 520. The lowest BCUT2D eigenvalue weighted by atomic mass is 10.2. The molecule has 2 aromatic rings. The van der Waals surface area contributed by atoms with Gasteiger partial charge in [-0.3, -0.25) is 0 Å². The maximum absolute atomic E-state index is 5.81. The molecule has 102 valence electrons. The summed E-state index contributed by atoms with van der Waals surface area (Å²) in [5, 5.41) is 7.31. The van der Waals surface area contributed by atoms with E-state index in [0.717, 1.165) is 29.3 Å². The molecule has 1 aromatic heterocycles. The minimum atomic E-state index is 0.427. The Kier molecular flexibility index (Phi) is 4.58. The molecule has 1 aromatic carbocycles. The maximum atomic E-state index is 5.81. The predicted octanol–water partition coefficient (Wildman–Crippen LogP) is 3.06. The number of para-hydroxylation sites is 1. The van der Waals surface area contributed by atoms with Crippen molar-refractivity contribution in [2.75, 3.05) is 0 Å². The van der Waals surface area contributed by atoms with Gasteiger partial charge in [-0.1, -0.05) is 37.2 Å². The van der Waals surface area contributed by atoms with Crippen LogP contribution in [-0.4, -0.2) is 11.2 Å². The fourth-order valence-corrected chi connectivity index (χ4v) is 1.74. The highest BCUT2D eigenvalue weighted by Crippen LogP contribution is 2.19. The predicted molar refractivity (Wildman–Crippen MR) is 74.0 cm³/mol. The number of rotatable bonds is 6. The van der Waals surface area contributed by atoms with Crippen molar-refractivity contribution >= 4 is 0 Å². The van der Waals surface area contributed by atoms with Crippen LogP contribution in [0.4, 0.5) is 0 Å². The number of nitrogens with zero attached hydrogens (tertiary/aromatic N) is 1. The monoisotopic (exact) mass is 260 g/mol. The van der Waals surface area contributed by atoms with Crippen molar-refractivity contribution in [2.45, 2.75) is 40.0 Å². The Morgan fingerprint density at radius 2 is 2.11 bits per heavy atom. The van der Waals surface area contributed by atoms with Gasteiger partial charge in [0.2, 0.25) is 0 Å². The smallest absolute Gasteiger partial charge is 0.134 e. The van der Waals surface area contributed by atoms with E-state index < -0.39 is 0 Å². The van der Waals surface area contributed by atoms with E-state index >= 15 is 0 Å². The van der Waals surface area contributed by atoms with Gasteiger partial charge in [-0.15, -0.1) is 0 Å². The van der Waals surface area contributed by atoms with Crippen molar-refractivity contribution in [1.29, 1.82) is 0 Å². The van der Waals surface area contributed by atoms with Crippen LogP contribution in [0.1, 0.15) is 30.9 Å². The van der Waals surface area contributed by atoms with Crippen molar-refractivity contribution in [3.63, 3.8) is 0 Å². The summed E-state index contributed by atoms with van der Waals surface area (Å²) in [4.78, 5) is 0. The first-order valence-electron chi connectivity index (χ1n) is 6.51. The normalized spacial score (nSPS) is 10.9. The second-order valence-electron chi connectivity index (χ2n) is 4.86. The molecular formula is C15H20N2O2. The standard InChI is InChI=1S/C15H20N2O2/c1-11(2)16-9-13-6-4-5-7-15(13)18-10-14-8-12(3)19-17-14/h4-8,11,16H,9-10H2,1-3H3. The zero-order valence-electron chi connectivity index (χ0n) is 11.6. The van der Waals surface area contributed by atoms with E-state index in [1.807, 2.05) is 31.2 Å². The number of hydrogen-bond donors (Lipinski definition) is 1. The summed E-state index contributed by atoms with van der Waals surface area (Å²) in [7, 11) is 0. The third-order valence-corrected chi connectivity index (χ3v) is 2.73. The van der Waals surface area contributed by atoms with Crippen molar-refractivity contribution in [2.24, 2.45) is 0 Å². The van der Waals surface area contributed by atoms with Crippen molar-refractivity contribution in [1.82, 2.24) is 10.5 Å². The van der Waals surface area contributed by atoms with Crippen LogP contribution in [0, 0.1) is 6.92 Å². The molecule has 0 bridgehead atoms. The van der Waals surface area contributed by atoms with Gasteiger partial charge in [-0.05, 0) is 13.0 Å². The maximum Gasteiger partial charge on any atom is 0.134 e. The summed E-state index contributed by atoms with van der Waals surface area (Å²) in [6.07, 6.45) is 0. The summed E-state index contributed by atoms with van der Waals surface area (Å²) in [5.74, 6) is 1.68. The van der Waals surface area contributed by atoms with Gasteiger partial charge in [0.1, 0.15) is 23.8 Å². The molecule has 0 spiro atoms. The third-order valence-electron chi connectivity index (χ3n) is 2.73. The van der Waals surface area contributed by atoms with E-state index in [1.165, 1.54) is 0 Å². The van der Waals surface area contributed by atoms with Gasteiger partial charge < -0.3 is 14.6 Å². The molecular weight excluding hydrogens is 240 g/mol. The van der Waals surface area contributed by atoms with Crippen molar-refractivity contribution < 1.29 is 9.26 Å². The Labute approximate surface area is 113 Å². The number of aryl methyl sites for hydroxylation is 1. The minimum Gasteiger partial charge on any atom is -0.487 e. The van der Waals surface area contributed by atoms with Crippen LogP contribution in [-0.2, 0) is 13.2 Å². The Hall–Kier alpha value is -1.81. The molecule has 0 unspecified atom stereocenters. The summed E-state index contributed by atoms with van der Waals surface area (Å²) < 4.78 is 10.8. The van der Waals surface area contributed by atoms with Gasteiger partial charge in [-0.25, -0.2) is 0 Å². The molecule has 0 radical (unpaired) electrons. The summed E-state index contributed by atoms with van der Waals surface area (Å²) in [6, 6.07) is 10.4. The highest BCUT2D eigenvalue weighted by molar-refractivity contribution is 5.33. The van der Waals surface area contributed by atoms with Crippen molar-refractivity contribution in [3.8, 4) is 5.75 Å². The molecule has 1 heterocycles. The van der Waals surface area contributed by atoms with Gasteiger partial charge in [-0.2, -0.15) is 0 Å². The van der Waals surface area contributed by atoms with E-state index in [4.69, 9.17) is 9.26 Å². The average Bonchev–Trinajstić information content (AvgIpc) is 2.80. The second-order valence-corrected chi connectivity index (χ2v) is 4.86. The van der Waals surface area contributed by atoms with Crippen LogP contribution >= 0.6 is 0 Å². The molecule has 0 amide bonds. The number of hydrogen-bond acceptors (Lipinski definition) is 4. The Morgan fingerprint density at radius 1 is 1.32 bits per heavy atom. The zero-order valence-corrected chi connectivity index (χ0v) is 11.6. The molecule has 0 aliphatic rings. The molecule has 0 saturated carbocycles. The first-order chi connectivity index (χ1) is 9.15. The quantitative estimate of drug-likeness (QED) is 0.867. The molecule has 0 aliphatic heterocycles. The molecule has 4 heteroatoms. The number of aromatic nitrogens is 1. The van der Waals surface area contributed by atoms with Gasteiger partial charge in [0.15, 0.2) is 0 Å². The first kappa shape index (κ1) is 13.6. The second kappa shape index (κ2) is 6.38. The molecule has 1 N–H and O–H groups in total. The number of ether oxygens (including phenoxy) is 1.